The van der Waals surface area contributed by atoms with E-state index in [1.807, 2.05) is 0 Å². The van der Waals surface area contributed by atoms with Gasteiger partial charge in [0.05, 0.1) is 11.4 Å². The minimum Gasteiger partial charge on any atom is -0.293 e. The van der Waals surface area contributed by atoms with E-state index in [9.17, 15) is 22.4 Å². The van der Waals surface area contributed by atoms with E-state index in [4.69, 9.17) is 11.6 Å². The Morgan fingerprint density at radius 3 is 2.38 bits per heavy atom. The third kappa shape index (κ3) is 2.74. The van der Waals surface area contributed by atoms with Gasteiger partial charge in [-0.15, -0.1) is 11.6 Å². The second-order valence-corrected chi connectivity index (χ2v) is 3.93. The number of rotatable bonds is 2. The highest BCUT2D eigenvalue weighted by Gasteiger charge is 2.35. The Kier molecular flexibility index (Phi) is 3.96. The summed E-state index contributed by atoms with van der Waals surface area (Å²) in [5.74, 6) is -2.43. The lowest BCUT2D eigenvalue weighted by atomic mass is 10.1. The van der Waals surface area contributed by atoms with Crippen LogP contribution in [0.3, 0.4) is 0 Å². The molecular weight excluding hydrogens is 315 g/mol. The molecule has 0 aliphatic carbocycles. The molecule has 0 saturated carbocycles. The predicted octanol–water partition coefficient (Wildman–Crippen LogP) is 4.03. The van der Waals surface area contributed by atoms with E-state index in [2.05, 4.69) is 15.9 Å². The number of halogens is 6. The SMILES string of the molecule is O=C(CCl)c1cc(F)cc(C(F)(F)F)c1Br. The first-order chi connectivity index (χ1) is 7.27. The Labute approximate surface area is 102 Å². The zero-order valence-corrected chi connectivity index (χ0v) is 9.88. The number of Topliss-reactive ketones (excluding diaryl/α,β-unsaturated/α-hetero) is 1. The fourth-order valence-corrected chi connectivity index (χ4v) is 1.89. The highest BCUT2D eigenvalue weighted by atomic mass is 79.9. The highest BCUT2D eigenvalue weighted by molar-refractivity contribution is 9.10. The maximum Gasteiger partial charge on any atom is 0.417 e. The Balaban J connectivity index is 3.44. The Morgan fingerprint density at radius 2 is 1.94 bits per heavy atom. The maximum absolute atomic E-state index is 12.9. The topological polar surface area (TPSA) is 17.1 Å². The standard InChI is InChI=1S/C9H4BrClF4O/c10-8-5(7(16)3-11)1-4(12)2-6(8)9(13,14)15/h1-2H,3H2. The second kappa shape index (κ2) is 4.71. The molecule has 0 amide bonds. The molecule has 0 fully saturated rings. The van der Waals surface area contributed by atoms with Gasteiger partial charge in [-0.25, -0.2) is 4.39 Å². The van der Waals surface area contributed by atoms with Gasteiger partial charge in [0.1, 0.15) is 5.82 Å². The fourth-order valence-electron chi connectivity index (χ4n) is 1.07. The first-order valence-corrected chi connectivity index (χ1v) is 5.25. The molecule has 0 atom stereocenters. The van der Waals surface area contributed by atoms with Crippen LogP contribution in [0.15, 0.2) is 16.6 Å². The van der Waals surface area contributed by atoms with Gasteiger partial charge in [0.2, 0.25) is 0 Å². The van der Waals surface area contributed by atoms with E-state index in [-0.39, 0.29) is 0 Å². The van der Waals surface area contributed by atoms with Crippen LogP contribution in [0.4, 0.5) is 17.6 Å². The van der Waals surface area contributed by atoms with Gasteiger partial charge in [-0.1, -0.05) is 0 Å². The van der Waals surface area contributed by atoms with Gasteiger partial charge < -0.3 is 0 Å². The fraction of sp³-hybridized carbons (Fsp3) is 0.222. The molecule has 1 aromatic carbocycles. The van der Waals surface area contributed by atoms with Gasteiger partial charge >= 0.3 is 6.18 Å². The number of hydrogen-bond donors (Lipinski definition) is 0. The summed E-state index contributed by atoms with van der Waals surface area (Å²) in [6.07, 6.45) is -4.73. The van der Waals surface area contributed by atoms with Crippen LogP contribution in [-0.2, 0) is 6.18 Å². The first kappa shape index (κ1) is 13.4. The molecule has 1 aromatic rings. The summed E-state index contributed by atoms with van der Waals surface area (Å²) in [5, 5.41) is 0. The lowest BCUT2D eigenvalue weighted by Gasteiger charge is -2.11. The van der Waals surface area contributed by atoms with E-state index in [0.717, 1.165) is 0 Å². The summed E-state index contributed by atoms with van der Waals surface area (Å²) < 4.78 is 49.7. The van der Waals surface area contributed by atoms with Crippen LogP contribution in [0, 0.1) is 5.82 Å². The highest BCUT2D eigenvalue weighted by Crippen LogP contribution is 2.37. The molecule has 0 unspecified atom stereocenters. The molecule has 0 radical (unpaired) electrons. The predicted molar refractivity (Wildman–Crippen MR) is 54.2 cm³/mol. The summed E-state index contributed by atoms with van der Waals surface area (Å²) in [5.41, 5.74) is -1.65. The van der Waals surface area contributed by atoms with Crippen molar-refractivity contribution in [1.29, 1.82) is 0 Å². The van der Waals surface area contributed by atoms with Crippen LogP contribution in [0.25, 0.3) is 0 Å². The number of alkyl halides is 4. The zero-order chi connectivity index (χ0) is 12.5. The van der Waals surface area contributed by atoms with Crippen LogP contribution >= 0.6 is 27.5 Å². The van der Waals surface area contributed by atoms with Crippen LogP contribution in [0.2, 0.25) is 0 Å². The quantitative estimate of drug-likeness (QED) is 0.457. The molecule has 7 heteroatoms. The summed E-state index contributed by atoms with van der Waals surface area (Å²) in [6, 6.07) is 1.03. The van der Waals surface area contributed by atoms with E-state index in [1.54, 1.807) is 0 Å². The smallest absolute Gasteiger partial charge is 0.293 e. The number of carbonyl (C=O) groups excluding carboxylic acids is 1. The van der Waals surface area contributed by atoms with E-state index >= 15 is 0 Å². The third-order valence-corrected chi connectivity index (χ3v) is 2.86. The summed E-state index contributed by atoms with van der Waals surface area (Å²) in [4.78, 5) is 11.2. The molecule has 0 aromatic heterocycles. The molecule has 88 valence electrons. The average molecular weight is 319 g/mol. The normalized spacial score (nSPS) is 11.6. The van der Waals surface area contributed by atoms with Crippen molar-refractivity contribution in [3.63, 3.8) is 0 Å². The molecule has 1 nitrogen and oxygen atoms in total. The van der Waals surface area contributed by atoms with Crippen molar-refractivity contribution >= 4 is 33.3 Å². The number of ketones is 1. The van der Waals surface area contributed by atoms with Crippen molar-refractivity contribution in [2.24, 2.45) is 0 Å². The van der Waals surface area contributed by atoms with E-state index in [0.29, 0.717) is 12.1 Å². The minimum atomic E-state index is -4.73. The zero-order valence-electron chi connectivity index (χ0n) is 7.54. The van der Waals surface area contributed by atoms with E-state index in [1.165, 1.54) is 0 Å². The molecule has 0 saturated heterocycles. The lowest BCUT2D eigenvalue weighted by molar-refractivity contribution is -0.138. The molecular formula is C9H4BrClF4O. The van der Waals surface area contributed by atoms with Crippen molar-refractivity contribution in [1.82, 2.24) is 0 Å². The molecule has 0 heterocycles. The second-order valence-electron chi connectivity index (χ2n) is 2.87. The summed E-state index contributed by atoms with van der Waals surface area (Å²) in [6.45, 7) is 0. The van der Waals surface area contributed by atoms with Crippen molar-refractivity contribution in [3.05, 3.63) is 33.5 Å². The van der Waals surface area contributed by atoms with Crippen LogP contribution in [0.5, 0.6) is 0 Å². The van der Waals surface area contributed by atoms with Crippen molar-refractivity contribution in [2.75, 3.05) is 5.88 Å². The van der Waals surface area contributed by atoms with Crippen molar-refractivity contribution < 1.29 is 22.4 Å². The van der Waals surface area contributed by atoms with Gasteiger partial charge in [-0.3, -0.25) is 4.79 Å². The van der Waals surface area contributed by atoms with Gasteiger partial charge in [-0.2, -0.15) is 13.2 Å². The Bertz CT molecular complexity index is 430. The summed E-state index contributed by atoms with van der Waals surface area (Å²) in [7, 11) is 0. The number of carbonyl (C=O) groups is 1. The molecule has 1 rings (SSSR count). The minimum absolute atomic E-state index is 0.315. The monoisotopic (exact) mass is 318 g/mol. The molecule has 0 aliphatic heterocycles. The lowest BCUT2D eigenvalue weighted by Crippen LogP contribution is -2.11. The summed E-state index contributed by atoms with van der Waals surface area (Å²) >= 11 is 7.83. The number of hydrogen-bond acceptors (Lipinski definition) is 1. The maximum atomic E-state index is 12.9. The Hall–Kier alpha value is -0.620. The van der Waals surface area contributed by atoms with Gasteiger partial charge in [0, 0.05) is 10.0 Å². The molecule has 16 heavy (non-hydrogen) atoms. The number of benzene rings is 1. The van der Waals surface area contributed by atoms with Gasteiger partial charge in [0.15, 0.2) is 5.78 Å². The largest absolute Gasteiger partial charge is 0.417 e. The molecule has 0 aliphatic rings. The third-order valence-electron chi connectivity index (χ3n) is 1.76. The molecule has 0 N–H and O–H groups in total. The van der Waals surface area contributed by atoms with Gasteiger partial charge in [-0.05, 0) is 28.1 Å². The Morgan fingerprint density at radius 1 is 1.38 bits per heavy atom. The van der Waals surface area contributed by atoms with E-state index < -0.39 is 39.3 Å². The first-order valence-electron chi connectivity index (χ1n) is 3.92. The van der Waals surface area contributed by atoms with Crippen LogP contribution in [0.1, 0.15) is 15.9 Å². The van der Waals surface area contributed by atoms with Crippen LogP contribution in [-0.4, -0.2) is 11.7 Å². The van der Waals surface area contributed by atoms with Crippen molar-refractivity contribution in [3.8, 4) is 0 Å². The molecule has 0 bridgehead atoms. The molecule has 0 spiro atoms. The van der Waals surface area contributed by atoms with Gasteiger partial charge in [0.25, 0.3) is 0 Å². The average Bonchev–Trinajstić information content (AvgIpc) is 2.18. The van der Waals surface area contributed by atoms with Crippen molar-refractivity contribution in [2.45, 2.75) is 6.18 Å². The van der Waals surface area contributed by atoms with Crippen LogP contribution < -0.4 is 0 Å².